The van der Waals surface area contributed by atoms with Crippen molar-refractivity contribution in [3.63, 3.8) is 0 Å². The molecular formula is C14H15NO2S. The molecule has 0 aliphatic rings. The lowest BCUT2D eigenvalue weighted by Crippen LogP contribution is -1.94. The molecule has 1 aromatic carbocycles. The number of ether oxygens (including phenoxy) is 1. The van der Waals surface area contributed by atoms with Crippen molar-refractivity contribution in [1.29, 1.82) is 0 Å². The smallest absolute Gasteiger partial charge is 0.178 e. The number of rotatable bonds is 5. The highest BCUT2D eigenvalue weighted by atomic mass is 32.1. The van der Waals surface area contributed by atoms with Crippen LogP contribution in [0.5, 0.6) is 5.75 Å². The number of hydrogen-bond donors (Lipinski definition) is 0. The van der Waals surface area contributed by atoms with Gasteiger partial charge in [-0.25, -0.2) is 4.98 Å². The molecule has 0 N–H and O–H groups in total. The van der Waals surface area contributed by atoms with E-state index in [4.69, 9.17) is 4.74 Å². The van der Waals surface area contributed by atoms with Crippen molar-refractivity contribution in [2.24, 2.45) is 0 Å². The maximum Gasteiger partial charge on any atom is 0.178 e. The molecule has 2 aromatic rings. The Labute approximate surface area is 110 Å². The van der Waals surface area contributed by atoms with Crippen LogP contribution in [0.4, 0.5) is 0 Å². The molecule has 4 heteroatoms. The Kier molecular flexibility index (Phi) is 4.10. The van der Waals surface area contributed by atoms with Crippen molar-refractivity contribution in [1.82, 2.24) is 4.98 Å². The minimum absolute atomic E-state index is 0.000370. The quantitative estimate of drug-likeness (QED) is 0.768. The molecule has 0 fully saturated rings. The monoisotopic (exact) mass is 261 g/mol. The minimum atomic E-state index is 0.000370. The van der Waals surface area contributed by atoms with Gasteiger partial charge in [-0.1, -0.05) is 6.92 Å². The van der Waals surface area contributed by atoms with Crippen molar-refractivity contribution < 1.29 is 9.53 Å². The van der Waals surface area contributed by atoms with E-state index < -0.39 is 0 Å². The van der Waals surface area contributed by atoms with E-state index in [1.165, 1.54) is 18.3 Å². The number of hydrogen-bond acceptors (Lipinski definition) is 4. The molecule has 0 amide bonds. The lowest BCUT2D eigenvalue weighted by atomic mass is 10.2. The summed E-state index contributed by atoms with van der Waals surface area (Å²) in [6.07, 6.45) is 0.996. The second kappa shape index (κ2) is 5.78. The van der Waals surface area contributed by atoms with E-state index in [0.717, 1.165) is 29.3 Å². The molecule has 0 spiro atoms. The second-order valence-electron chi connectivity index (χ2n) is 3.97. The van der Waals surface area contributed by atoms with Crippen molar-refractivity contribution >= 4 is 17.1 Å². The summed E-state index contributed by atoms with van der Waals surface area (Å²) in [5, 5.41) is 2.65. The third kappa shape index (κ3) is 2.96. The molecule has 1 heterocycles. The van der Waals surface area contributed by atoms with Crippen molar-refractivity contribution in [2.45, 2.75) is 20.3 Å². The van der Waals surface area contributed by atoms with Crippen LogP contribution in [0.3, 0.4) is 0 Å². The SMILES string of the molecule is CCCOc1ccc(-c2nc(C(C)=O)cs2)cc1. The zero-order valence-electron chi connectivity index (χ0n) is 10.5. The maximum absolute atomic E-state index is 11.2. The molecule has 1 aromatic heterocycles. The van der Waals surface area contributed by atoms with Crippen LogP contribution in [0.15, 0.2) is 29.6 Å². The number of benzene rings is 1. The summed E-state index contributed by atoms with van der Waals surface area (Å²) < 4.78 is 5.52. The van der Waals surface area contributed by atoms with Gasteiger partial charge in [-0.3, -0.25) is 4.79 Å². The van der Waals surface area contributed by atoms with Crippen molar-refractivity contribution in [3.8, 4) is 16.3 Å². The van der Waals surface area contributed by atoms with E-state index in [1.807, 2.05) is 24.3 Å². The molecule has 0 saturated carbocycles. The van der Waals surface area contributed by atoms with Crippen LogP contribution in [0.25, 0.3) is 10.6 Å². The molecular weight excluding hydrogens is 246 g/mol. The number of thiazole rings is 1. The average molecular weight is 261 g/mol. The van der Waals surface area contributed by atoms with Gasteiger partial charge in [-0.15, -0.1) is 11.3 Å². The van der Waals surface area contributed by atoms with Gasteiger partial charge >= 0.3 is 0 Å². The molecule has 94 valence electrons. The van der Waals surface area contributed by atoms with Gasteiger partial charge in [-0.05, 0) is 30.7 Å². The second-order valence-corrected chi connectivity index (χ2v) is 4.83. The molecule has 3 nitrogen and oxygen atoms in total. The predicted octanol–water partition coefficient (Wildman–Crippen LogP) is 3.80. The zero-order chi connectivity index (χ0) is 13.0. The fraction of sp³-hybridized carbons (Fsp3) is 0.286. The third-order valence-electron chi connectivity index (χ3n) is 2.44. The molecule has 0 aliphatic heterocycles. The summed E-state index contributed by atoms with van der Waals surface area (Å²) in [5.74, 6) is 0.865. The van der Waals surface area contributed by atoms with Crippen LogP contribution in [-0.2, 0) is 0 Å². The number of ketones is 1. The van der Waals surface area contributed by atoms with E-state index in [0.29, 0.717) is 5.69 Å². The predicted molar refractivity (Wildman–Crippen MR) is 73.3 cm³/mol. The highest BCUT2D eigenvalue weighted by Crippen LogP contribution is 2.25. The third-order valence-corrected chi connectivity index (χ3v) is 3.33. The van der Waals surface area contributed by atoms with E-state index in [2.05, 4.69) is 11.9 Å². The van der Waals surface area contributed by atoms with Crippen molar-refractivity contribution in [3.05, 3.63) is 35.3 Å². The molecule has 0 atom stereocenters. The summed E-state index contributed by atoms with van der Waals surface area (Å²) >= 11 is 1.48. The van der Waals surface area contributed by atoms with Crippen LogP contribution >= 0.6 is 11.3 Å². The first kappa shape index (κ1) is 12.8. The number of Topliss-reactive ketones (excluding diaryl/α,β-unsaturated/α-hetero) is 1. The van der Waals surface area contributed by atoms with Gasteiger partial charge in [0.25, 0.3) is 0 Å². The molecule has 0 aliphatic carbocycles. The van der Waals surface area contributed by atoms with Gasteiger partial charge in [0.1, 0.15) is 16.5 Å². The molecule has 0 radical (unpaired) electrons. The Morgan fingerprint density at radius 1 is 1.33 bits per heavy atom. The molecule has 18 heavy (non-hydrogen) atoms. The van der Waals surface area contributed by atoms with Crippen molar-refractivity contribution in [2.75, 3.05) is 6.61 Å². The molecule has 2 rings (SSSR count). The largest absolute Gasteiger partial charge is 0.494 e. The Morgan fingerprint density at radius 2 is 2.06 bits per heavy atom. The van der Waals surface area contributed by atoms with Crippen LogP contribution in [0.2, 0.25) is 0 Å². The highest BCUT2D eigenvalue weighted by Gasteiger charge is 2.07. The standard InChI is InChI=1S/C14H15NO2S/c1-3-8-17-12-6-4-11(5-7-12)14-15-13(9-18-14)10(2)16/h4-7,9H,3,8H2,1-2H3. The fourth-order valence-corrected chi connectivity index (χ4v) is 2.35. The van der Waals surface area contributed by atoms with E-state index in [-0.39, 0.29) is 5.78 Å². The highest BCUT2D eigenvalue weighted by molar-refractivity contribution is 7.13. The van der Waals surface area contributed by atoms with Gasteiger partial charge in [0.2, 0.25) is 0 Å². The normalized spacial score (nSPS) is 10.3. The lowest BCUT2D eigenvalue weighted by Gasteiger charge is -2.04. The first-order valence-electron chi connectivity index (χ1n) is 5.90. The van der Waals surface area contributed by atoms with Gasteiger partial charge in [0.05, 0.1) is 6.61 Å². The number of nitrogens with zero attached hydrogens (tertiary/aromatic N) is 1. The van der Waals surface area contributed by atoms with Crippen LogP contribution in [0.1, 0.15) is 30.8 Å². The Morgan fingerprint density at radius 3 is 2.61 bits per heavy atom. The Bertz CT molecular complexity index is 531. The van der Waals surface area contributed by atoms with Crippen LogP contribution < -0.4 is 4.74 Å². The topological polar surface area (TPSA) is 39.2 Å². The number of carbonyl (C=O) groups excluding carboxylic acids is 1. The Balaban J connectivity index is 2.15. The average Bonchev–Trinajstić information content (AvgIpc) is 2.87. The van der Waals surface area contributed by atoms with E-state index >= 15 is 0 Å². The minimum Gasteiger partial charge on any atom is -0.494 e. The molecule has 0 saturated heterocycles. The summed E-state index contributed by atoms with van der Waals surface area (Å²) in [5.41, 5.74) is 1.54. The van der Waals surface area contributed by atoms with Crippen LogP contribution in [0, 0.1) is 0 Å². The fourth-order valence-electron chi connectivity index (χ4n) is 1.48. The maximum atomic E-state index is 11.2. The van der Waals surface area contributed by atoms with Gasteiger partial charge < -0.3 is 4.74 Å². The summed E-state index contributed by atoms with van der Waals surface area (Å²) in [6.45, 7) is 4.33. The number of aromatic nitrogens is 1. The van der Waals surface area contributed by atoms with E-state index in [1.54, 1.807) is 5.38 Å². The van der Waals surface area contributed by atoms with E-state index in [9.17, 15) is 4.79 Å². The van der Waals surface area contributed by atoms with Crippen LogP contribution in [-0.4, -0.2) is 17.4 Å². The lowest BCUT2D eigenvalue weighted by molar-refractivity contribution is 0.101. The molecule has 0 bridgehead atoms. The molecule has 0 unspecified atom stereocenters. The summed E-state index contributed by atoms with van der Waals surface area (Å²) in [7, 11) is 0. The first-order valence-corrected chi connectivity index (χ1v) is 6.78. The Hall–Kier alpha value is -1.68. The summed E-state index contributed by atoms with van der Waals surface area (Å²) in [4.78, 5) is 15.5. The first-order chi connectivity index (χ1) is 8.70. The van der Waals surface area contributed by atoms with Gasteiger partial charge in [0.15, 0.2) is 5.78 Å². The summed E-state index contributed by atoms with van der Waals surface area (Å²) in [6, 6.07) is 7.79. The van der Waals surface area contributed by atoms with Gasteiger partial charge in [-0.2, -0.15) is 0 Å². The number of carbonyl (C=O) groups is 1. The van der Waals surface area contributed by atoms with Gasteiger partial charge in [0, 0.05) is 17.9 Å². The zero-order valence-corrected chi connectivity index (χ0v) is 11.3.